The Morgan fingerprint density at radius 1 is 1.39 bits per heavy atom. The van der Waals surface area contributed by atoms with Gasteiger partial charge in [0.05, 0.1) is 9.90 Å². The zero-order valence-corrected chi connectivity index (χ0v) is 12.4. The first-order valence-electron chi connectivity index (χ1n) is 6.20. The zero-order chi connectivity index (χ0) is 12.8. The standard InChI is InChI=1S/C14H18N2S2/c1-3-8-15-11(2)13-7-6-12(10-16-13)18-14-5-4-9-17-14/h4-7,9-11,15H,3,8H2,1-2H3. The summed E-state index contributed by atoms with van der Waals surface area (Å²) in [6.45, 7) is 5.37. The molecule has 2 aromatic rings. The van der Waals surface area contributed by atoms with Crippen molar-refractivity contribution in [2.45, 2.75) is 35.4 Å². The van der Waals surface area contributed by atoms with Crippen LogP contribution >= 0.6 is 23.1 Å². The molecule has 1 unspecified atom stereocenters. The van der Waals surface area contributed by atoms with Crippen LogP contribution in [0.1, 0.15) is 32.0 Å². The summed E-state index contributed by atoms with van der Waals surface area (Å²) in [7, 11) is 0. The number of nitrogens with zero attached hydrogens (tertiary/aromatic N) is 1. The van der Waals surface area contributed by atoms with Gasteiger partial charge in [0.1, 0.15) is 0 Å². The Morgan fingerprint density at radius 2 is 2.28 bits per heavy atom. The number of hydrogen-bond acceptors (Lipinski definition) is 4. The van der Waals surface area contributed by atoms with Gasteiger partial charge in [-0.25, -0.2) is 0 Å². The fourth-order valence-electron chi connectivity index (χ4n) is 1.61. The summed E-state index contributed by atoms with van der Waals surface area (Å²) in [6, 6.07) is 8.80. The van der Waals surface area contributed by atoms with Crippen molar-refractivity contribution in [3.8, 4) is 0 Å². The normalized spacial score (nSPS) is 12.6. The Morgan fingerprint density at radius 3 is 2.89 bits per heavy atom. The molecule has 0 bridgehead atoms. The average molecular weight is 278 g/mol. The minimum absolute atomic E-state index is 0.325. The third-order valence-electron chi connectivity index (χ3n) is 2.62. The molecule has 0 aromatic carbocycles. The maximum Gasteiger partial charge on any atom is 0.0646 e. The minimum Gasteiger partial charge on any atom is -0.309 e. The number of rotatable bonds is 6. The van der Waals surface area contributed by atoms with Crippen LogP contribution in [0.2, 0.25) is 0 Å². The van der Waals surface area contributed by atoms with Gasteiger partial charge in [0.25, 0.3) is 0 Å². The molecule has 2 heterocycles. The molecular formula is C14H18N2S2. The maximum absolute atomic E-state index is 4.53. The van der Waals surface area contributed by atoms with E-state index < -0.39 is 0 Å². The highest BCUT2D eigenvalue weighted by atomic mass is 32.2. The van der Waals surface area contributed by atoms with Crippen LogP contribution < -0.4 is 5.32 Å². The van der Waals surface area contributed by atoms with Gasteiger partial charge in [0.15, 0.2) is 0 Å². The number of nitrogens with one attached hydrogen (secondary N) is 1. The van der Waals surface area contributed by atoms with Crippen molar-refractivity contribution in [1.82, 2.24) is 10.3 Å². The second-order valence-electron chi connectivity index (χ2n) is 4.13. The van der Waals surface area contributed by atoms with E-state index >= 15 is 0 Å². The van der Waals surface area contributed by atoms with Crippen molar-refractivity contribution < 1.29 is 0 Å². The molecule has 18 heavy (non-hydrogen) atoms. The Bertz CT molecular complexity index is 451. The third kappa shape index (κ3) is 3.83. The number of aromatic nitrogens is 1. The highest BCUT2D eigenvalue weighted by Gasteiger charge is 2.06. The summed E-state index contributed by atoms with van der Waals surface area (Å²) in [5.41, 5.74) is 1.11. The SMILES string of the molecule is CCCNC(C)c1ccc(Sc2cccs2)cn1. The summed E-state index contributed by atoms with van der Waals surface area (Å²) in [5, 5.41) is 5.54. The molecule has 2 nitrogen and oxygen atoms in total. The van der Waals surface area contributed by atoms with Gasteiger partial charge in [-0.15, -0.1) is 11.3 Å². The van der Waals surface area contributed by atoms with Crippen molar-refractivity contribution in [2.75, 3.05) is 6.54 Å². The average Bonchev–Trinajstić information content (AvgIpc) is 2.89. The summed E-state index contributed by atoms with van der Waals surface area (Å²) in [6.07, 6.45) is 3.11. The second kappa shape index (κ2) is 6.92. The van der Waals surface area contributed by atoms with Crippen LogP contribution in [0.5, 0.6) is 0 Å². The van der Waals surface area contributed by atoms with Crippen LogP contribution in [0, 0.1) is 0 Å². The van der Waals surface area contributed by atoms with Gasteiger partial charge >= 0.3 is 0 Å². The van der Waals surface area contributed by atoms with Gasteiger partial charge in [0.2, 0.25) is 0 Å². The largest absolute Gasteiger partial charge is 0.309 e. The van der Waals surface area contributed by atoms with Crippen LogP contribution in [0.4, 0.5) is 0 Å². The van der Waals surface area contributed by atoms with E-state index in [1.165, 1.54) is 9.10 Å². The van der Waals surface area contributed by atoms with E-state index in [0.717, 1.165) is 18.7 Å². The fraction of sp³-hybridized carbons (Fsp3) is 0.357. The van der Waals surface area contributed by atoms with Gasteiger partial charge in [-0.1, -0.05) is 24.8 Å². The summed E-state index contributed by atoms with van der Waals surface area (Å²) in [4.78, 5) is 5.73. The molecular weight excluding hydrogens is 260 g/mol. The number of hydrogen-bond donors (Lipinski definition) is 1. The van der Waals surface area contributed by atoms with E-state index in [1.54, 1.807) is 23.1 Å². The lowest BCUT2D eigenvalue weighted by atomic mass is 10.2. The monoisotopic (exact) mass is 278 g/mol. The molecule has 0 aliphatic heterocycles. The van der Waals surface area contributed by atoms with Crippen LogP contribution in [-0.4, -0.2) is 11.5 Å². The Kier molecular flexibility index (Phi) is 5.23. The van der Waals surface area contributed by atoms with E-state index in [0.29, 0.717) is 6.04 Å². The summed E-state index contributed by atoms with van der Waals surface area (Å²) >= 11 is 3.53. The molecule has 0 fully saturated rings. The van der Waals surface area contributed by atoms with E-state index in [2.05, 4.69) is 53.8 Å². The van der Waals surface area contributed by atoms with Gasteiger partial charge in [-0.05, 0) is 43.5 Å². The summed E-state index contributed by atoms with van der Waals surface area (Å²) < 4.78 is 1.31. The molecule has 0 aliphatic rings. The molecule has 0 saturated heterocycles. The lowest BCUT2D eigenvalue weighted by molar-refractivity contribution is 0.558. The predicted octanol–water partition coefficient (Wildman–Crippen LogP) is 4.35. The van der Waals surface area contributed by atoms with Crippen molar-refractivity contribution in [3.05, 3.63) is 41.5 Å². The van der Waals surface area contributed by atoms with Crippen LogP contribution in [0.25, 0.3) is 0 Å². The second-order valence-corrected chi connectivity index (χ2v) is 6.45. The Balaban J connectivity index is 1.96. The van der Waals surface area contributed by atoms with Gasteiger partial charge < -0.3 is 5.32 Å². The van der Waals surface area contributed by atoms with E-state index in [-0.39, 0.29) is 0 Å². The van der Waals surface area contributed by atoms with Crippen molar-refractivity contribution in [1.29, 1.82) is 0 Å². The first kappa shape index (κ1) is 13.6. The van der Waals surface area contributed by atoms with Gasteiger partial charge in [-0.3, -0.25) is 4.98 Å². The topological polar surface area (TPSA) is 24.9 Å². The van der Waals surface area contributed by atoms with Crippen molar-refractivity contribution in [3.63, 3.8) is 0 Å². The van der Waals surface area contributed by atoms with Gasteiger partial charge in [0, 0.05) is 17.1 Å². The highest BCUT2D eigenvalue weighted by Crippen LogP contribution is 2.30. The minimum atomic E-state index is 0.325. The Hall–Kier alpha value is -0.840. The van der Waals surface area contributed by atoms with E-state index in [1.807, 2.05) is 6.20 Å². The van der Waals surface area contributed by atoms with Crippen LogP contribution in [0.15, 0.2) is 44.9 Å². The Labute approximate surface area is 117 Å². The fourth-order valence-corrected chi connectivity index (χ4v) is 3.33. The molecule has 1 N–H and O–H groups in total. The highest BCUT2D eigenvalue weighted by molar-refractivity contribution is 8.01. The molecule has 0 spiro atoms. The quantitative estimate of drug-likeness (QED) is 0.850. The molecule has 0 radical (unpaired) electrons. The number of thiophene rings is 1. The molecule has 4 heteroatoms. The van der Waals surface area contributed by atoms with Crippen LogP contribution in [-0.2, 0) is 0 Å². The van der Waals surface area contributed by atoms with E-state index in [4.69, 9.17) is 0 Å². The summed E-state index contributed by atoms with van der Waals surface area (Å²) in [5.74, 6) is 0. The van der Waals surface area contributed by atoms with Crippen molar-refractivity contribution >= 4 is 23.1 Å². The first-order valence-corrected chi connectivity index (χ1v) is 7.90. The van der Waals surface area contributed by atoms with Crippen LogP contribution in [0.3, 0.4) is 0 Å². The predicted molar refractivity (Wildman–Crippen MR) is 79.4 cm³/mol. The molecule has 96 valence electrons. The molecule has 2 rings (SSSR count). The van der Waals surface area contributed by atoms with Crippen molar-refractivity contribution in [2.24, 2.45) is 0 Å². The third-order valence-corrected chi connectivity index (χ3v) is 4.63. The maximum atomic E-state index is 4.53. The molecule has 0 amide bonds. The zero-order valence-electron chi connectivity index (χ0n) is 10.7. The van der Waals surface area contributed by atoms with Gasteiger partial charge in [-0.2, -0.15) is 0 Å². The smallest absolute Gasteiger partial charge is 0.0646 e. The first-order chi connectivity index (χ1) is 8.79. The lowest BCUT2D eigenvalue weighted by Gasteiger charge is -2.12. The number of pyridine rings is 1. The lowest BCUT2D eigenvalue weighted by Crippen LogP contribution is -2.20. The molecule has 2 aromatic heterocycles. The molecule has 0 saturated carbocycles. The molecule has 0 aliphatic carbocycles. The van der Waals surface area contributed by atoms with E-state index in [9.17, 15) is 0 Å². The molecule has 1 atom stereocenters.